The fourth-order valence-corrected chi connectivity index (χ4v) is 1.78. The molecular weight excluding hydrogens is 214 g/mol. The van der Waals surface area contributed by atoms with Gasteiger partial charge in [0.1, 0.15) is 6.04 Å². The van der Waals surface area contributed by atoms with E-state index in [0.717, 1.165) is 11.1 Å². The highest BCUT2D eigenvalue weighted by molar-refractivity contribution is 5.80. The van der Waals surface area contributed by atoms with Gasteiger partial charge in [0, 0.05) is 0 Å². The maximum absolute atomic E-state index is 11.0. The van der Waals surface area contributed by atoms with E-state index in [4.69, 9.17) is 10.8 Å². The van der Waals surface area contributed by atoms with Crippen molar-refractivity contribution >= 4 is 5.97 Å². The summed E-state index contributed by atoms with van der Waals surface area (Å²) in [5.74, 6) is -1.02. The van der Waals surface area contributed by atoms with Gasteiger partial charge in [-0.3, -0.25) is 4.79 Å². The molecule has 1 atom stereocenters. The van der Waals surface area contributed by atoms with E-state index < -0.39 is 12.0 Å². The van der Waals surface area contributed by atoms with Gasteiger partial charge in [0.15, 0.2) is 0 Å². The minimum atomic E-state index is -1.02. The van der Waals surface area contributed by atoms with Gasteiger partial charge < -0.3 is 10.8 Å². The van der Waals surface area contributed by atoms with Crippen LogP contribution >= 0.6 is 0 Å². The lowest BCUT2D eigenvalue weighted by atomic mass is 9.95. The van der Waals surface area contributed by atoms with Crippen LogP contribution < -0.4 is 5.73 Å². The summed E-state index contributed by atoms with van der Waals surface area (Å²) in [5.41, 5.74) is 8.14. The molecule has 0 spiro atoms. The molecule has 0 heterocycles. The maximum Gasteiger partial charge on any atom is 0.325 e. The Hall–Kier alpha value is -2.13. The Morgan fingerprint density at radius 3 is 2.24 bits per heavy atom. The molecule has 2 rings (SSSR count). The SMILES string of the molecule is NC(C(=O)O)c1ccccc1-c1ccccc1. The molecular formula is C14H13NO2. The standard InChI is InChI=1S/C14H13NO2/c15-13(14(16)17)12-9-5-4-8-11(12)10-6-2-1-3-7-10/h1-9,13H,15H2,(H,16,17). The molecule has 0 amide bonds. The van der Waals surface area contributed by atoms with Gasteiger partial charge >= 0.3 is 5.97 Å². The largest absolute Gasteiger partial charge is 0.480 e. The Morgan fingerprint density at radius 1 is 1.00 bits per heavy atom. The van der Waals surface area contributed by atoms with Gasteiger partial charge in [0.2, 0.25) is 0 Å². The molecule has 86 valence electrons. The highest BCUT2D eigenvalue weighted by Crippen LogP contribution is 2.27. The molecule has 0 aliphatic carbocycles. The number of hydrogen-bond donors (Lipinski definition) is 2. The molecule has 2 aromatic carbocycles. The summed E-state index contributed by atoms with van der Waals surface area (Å²) < 4.78 is 0. The van der Waals surface area contributed by atoms with E-state index >= 15 is 0 Å². The first kappa shape index (κ1) is 11.4. The fraction of sp³-hybridized carbons (Fsp3) is 0.0714. The van der Waals surface area contributed by atoms with Crippen molar-refractivity contribution < 1.29 is 9.90 Å². The summed E-state index contributed by atoms with van der Waals surface area (Å²) in [4.78, 5) is 11.0. The number of hydrogen-bond acceptors (Lipinski definition) is 2. The van der Waals surface area contributed by atoms with Gasteiger partial charge in [0.25, 0.3) is 0 Å². The third-order valence-electron chi connectivity index (χ3n) is 2.65. The smallest absolute Gasteiger partial charge is 0.325 e. The summed E-state index contributed by atoms with van der Waals surface area (Å²) >= 11 is 0. The minimum absolute atomic E-state index is 0.631. The Labute approximate surface area is 99.5 Å². The zero-order valence-corrected chi connectivity index (χ0v) is 9.21. The molecule has 0 aliphatic rings. The first-order valence-corrected chi connectivity index (χ1v) is 5.33. The van der Waals surface area contributed by atoms with Crippen LogP contribution in [0.3, 0.4) is 0 Å². The van der Waals surface area contributed by atoms with E-state index in [1.807, 2.05) is 42.5 Å². The van der Waals surface area contributed by atoms with E-state index in [2.05, 4.69) is 0 Å². The number of carbonyl (C=O) groups is 1. The molecule has 17 heavy (non-hydrogen) atoms. The lowest BCUT2D eigenvalue weighted by molar-refractivity contribution is -0.138. The molecule has 0 radical (unpaired) electrons. The van der Waals surface area contributed by atoms with Crippen molar-refractivity contribution in [2.75, 3.05) is 0 Å². The fourth-order valence-electron chi connectivity index (χ4n) is 1.78. The molecule has 0 bridgehead atoms. The molecule has 3 N–H and O–H groups in total. The lowest BCUT2D eigenvalue weighted by Gasteiger charge is -2.12. The van der Waals surface area contributed by atoms with Crippen LogP contribution in [0.1, 0.15) is 11.6 Å². The molecule has 3 heteroatoms. The van der Waals surface area contributed by atoms with Crippen molar-refractivity contribution in [3.63, 3.8) is 0 Å². The number of carboxylic acid groups (broad SMARTS) is 1. The summed E-state index contributed by atoms with van der Waals surface area (Å²) in [5, 5.41) is 8.98. The van der Waals surface area contributed by atoms with Crippen molar-refractivity contribution in [3.05, 3.63) is 60.2 Å². The third kappa shape index (κ3) is 2.34. The van der Waals surface area contributed by atoms with Gasteiger partial charge in [-0.05, 0) is 16.7 Å². The molecule has 2 aromatic rings. The van der Waals surface area contributed by atoms with Crippen molar-refractivity contribution in [1.82, 2.24) is 0 Å². The second-order valence-corrected chi connectivity index (χ2v) is 3.77. The molecule has 3 nitrogen and oxygen atoms in total. The van der Waals surface area contributed by atoms with Crippen LogP contribution in [0.25, 0.3) is 11.1 Å². The summed E-state index contributed by atoms with van der Waals surface area (Å²) in [6, 6.07) is 15.9. The van der Waals surface area contributed by atoms with Crippen LogP contribution in [0.5, 0.6) is 0 Å². The molecule has 0 saturated heterocycles. The van der Waals surface area contributed by atoms with E-state index in [9.17, 15) is 4.79 Å². The quantitative estimate of drug-likeness (QED) is 0.846. The monoisotopic (exact) mass is 227 g/mol. The molecule has 0 aromatic heterocycles. The summed E-state index contributed by atoms with van der Waals surface area (Å²) in [6.45, 7) is 0. The van der Waals surface area contributed by atoms with Gasteiger partial charge in [-0.1, -0.05) is 54.6 Å². The third-order valence-corrected chi connectivity index (χ3v) is 2.65. The number of nitrogens with two attached hydrogens (primary N) is 1. The van der Waals surface area contributed by atoms with Gasteiger partial charge in [0.05, 0.1) is 0 Å². The molecule has 1 unspecified atom stereocenters. The second kappa shape index (κ2) is 4.80. The Balaban J connectivity index is 2.52. The van der Waals surface area contributed by atoms with E-state index in [1.165, 1.54) is 0 Å². The van der Waals surface area contributed by atoms with Gasteiger partial charge in [-0.15, -0.1) is 0 Å². The lowest BCUT2D eigenvalue weighted by Crippen LogP contribution is -2.21. The van der Waals surface area contributed by atoms with Crippen LogP contribution in [-0.2, 0) is 4.79 Å². The summed E-state index contributed by atoms with van der Waals surface area (Å²) in [7, 11) is 0. The topological polar surface area (TPSA) is 63.3 Å². The van der Waals surface area contributed by atoms with Crippen LogP contribution in [0.4, 0.5) is 0 Å². The van der Waals surface area contributed by atoms with Crippen LogP contribution in [0.2, 0.25) is 0 Å². The van der Waals surface area contributed by atoms with Crippen LogP contribution in [0, 0.1) is 0 Å². The zero-order valence-electron chi connectivity index (χ0n) is 9.21. The molecule has 0 fully saturated rings. The number of rotatable bonds is 3. The van der Waals surface area contributed by atoms with Crippen LogP contribution in [0.15, 0.2) is 54.6 Å². The first-order valence-electron chi connectivity index (χ1n) is 5.33. The predicted octanol–water partition coefficient (Wildman–Crippen LogP) is 2.44. The van der Waals surface area contributed by atoms with Gasteiger partial charge in [-0.2, -0.15) is 0 Å². The normalized spacial score (nSPS) is 12.1. The predicted molar refractivity (Wildman–Crippen MR) is 66.4 cm³/mol. The molecule has 0 aliphatic heterocycles. The van der Waals surface area contributed by atoms with Crippen molar-refractivity contribution in [2.45, 2.75) is 6.04 Å². The van der Waals surface area contributed by atoms with E-state index in [0.29, 0.717) is 5.56 Å². The van der Waals surface area contributed by atoms with Gasteiger partial charge in [-0.25, -0.2) is 0 Å². The Morgan fingerprint density at radius 2 is 1.59 bits per heavy atom. The average molecular weight is 227 g/mol. The van der Waals surface area contributed by atoms with Crippen molar-refractivity contribution in [3.8, 4) is 11.1 Å². The highest BCUT2D eigenvalue weighted by atomic mass is 16.4. The highest BCUT2D eigenvalue weighted by Gasteiger charge is 2.17. The number of carboxylic acids is 1. The first-order chi connectivity index (χ1) is 8.20. The Kier molecular flexibility index (Phi) is 3.21. The minimum Gasteiger partial charge on any atom is -0.480 e. The zero-order chi connectivity index (χ0) is 12.3. The van der Waals surface area contributed by atoms with E-state index in [-0.39, 0.29) is 0 Å². The second-order valence-electron chi connectivity index (χ2n) is 3.77. The Bertz CT molecular complexity index is 523. The van der Waals surface area contributed by atoms with Crippen molar-refractivity contribution in [1.29, 1.82) is 0 Å². The average Bonchev–Trinajstić information content (AvgIpc) is 2.39. The number of benzene rings is 2. The van der Waals surface area contributed by atoms with Crippen molar-refractivity contribution in [2.24, 2.45) is 5.73 Å². The maximum atomic E-state index is 11.0. The van der Waals surface area contributed by atoms with E-state index in [1.54, 1.807) is 12.1 Å². The summed E-state index contributed by atoms with van der Waals surface area (Å²) in [6.07, 6.45) is 0. The number of aliphatic carboxylic acids is 1. The molecule has 0 saturated carbocycles. The van der Waals surface area contributed by atoms with Crippen LogP contribution in [-0.4, -0.2) is 11.1 Å².